The summed E-state index contributed by atoms with van der Waals surface area (Å²) in [5, 5.41) is 11.7. The van der Waals surface area contributed by atoms with Crippen LogP contribution >= 0.6 is 0 Å². The Morgan fingerprint density at radius 2 is 2.30 bits per heavy atom. The number of rotatable bonds is 2. The lowest BCUT2D eigenvalue weighted by Gasteiger charge is -1.92. The van der Waals surface area contributed by atoms with Crippen LogP contribution in [0.25, 0.3) is 0 Å². The van der Waals surface area contributed by atoms with Gasteiger partial charge in [0.05, 0.1) is 6.07 Å². The molecule has 0 aromatic carbocycles. The van der Waals surface area contributed by atoms with E-state index in [9.17, 15) is 4.79 Å². The smallest absolute Gasteiger partial charge is 0.254 e. The normalized spacial score (nSPS) is 7.70. The monoisotopic (exact) mass is 139 g/mol. The maximum Gasteiger partial charge on any atom is 0.254 e. The number of carbonyl (C=O) groups is 1. The Kier molecular flexibility index (Phi) is 3.89. The van der Waals surface area contributed by atoms with Crippen molar-refractivity contribution in [2.75, 3.05) is 0 Å². The van der Waals surface area contributed by atoms with E-state index in [2.05, 4.69) is 10.5 Å². The van der Waals surface area contributed by atoms with Gasteiger partial charge in [-0.3, -0.25) is 4.79 Å². The van der Waals surface area contributed by atoms with Crippen LogP contribution < -0.4 is 5.43 Å². The number of nitriles is 1. The quantitative estimate of drug-likeness (QED) is 0.445. The Morgan fingerprint density at radius 1 is 1.70 bits per heavy atom. The summed E-state index contributed by atoms with van der Waals surface area (Å²) in [6, 6.07) is 1.71. The molecule has 1 amide bonds. The van der Waals surface area contributed by atoms with E-state index in [0.717, 1.165) is 5.71 Å². The summed E-state index contributed by atoms with van der Waals surface area (Å²) in [5.74, 6) is -0.372. The highest BCUT2D eigenvalue weighted by atomic mass is 16.2. The van der Waals surface area contributed by atoms with Gasteiger partial charge in [0.2, 0.25) is 0 Å². The molecule has 0 unspecified atom stereocenters. The van der Waals surface area contributed by atoms with Crippen LogP contribution in [0, 0.1) is 11.3 Å². The Hall–Kier alpha value is -1.37. The highest BCUT2D eigenvalue weighted by molar-refractivity contribution is 5.83. The van der Waals surface area contributed by atoms with Crippen molar-refractivity contribution in [2.24, 2.45) is 5.10 Å². The summed E-state index contributed by atoms with van der Waals surface area (Å²) in [6.07, 6.45) is -0.142. The zero-order valence-corrected chi connectivity index (χ0v) is 6.01. The zero-order valence-electron chi connectivity index (χ0n) is 6.01. The van der Waals surface area contributed by atoms with Gasteiger partial charge >= 0.3 is 0 Å². The third-order valence-corrected chi connectivity index (χ3v) is 0.644. The van der Waals surface area contributed by atoms with Crippen molar-refractivity contribution in [3.8, 4) is 6.07 Å². The molecule has 54 valence electrons. The van der Waals surface area contributed by atoms with Crippen LogP contribution in [-0.2, 0) is 4.79 Å². The molecule has 0 heterocycles. The Morgan fingerprint density at radius 3 is 2.70 bits per heavy atom. The molecule has 0 atom stereocenters. The van der Waals surface area contributed by atoms with Crippen molar-refractivity contribution >= 4 is 11.6 Å². The molecule has 10 heavy (non-hydrogen) atoms. The molecule has 1 N–H and O–H groups in total. The second-order valence-electron chi connectivity index (χ2n) is 1.93. The number of carbonyl (C=O) groups excluding carboxylic acids is 1. The molecule has 0 aromatic heterocycles. The maximum atomic E-state index is 10.5. The van der Waals surface area contributed by atoms with Crippen LogP contribution in [0.5, 0.6) is 0 Å². The van der Waals surface area contributed by atoms with E-state index in [0.29, 0.717) is 0 Å². The van der Waals surface area contributed by atoms with Crippen molar-refractivity contribution < 1.29 is 4.79 Å². The van der Waals surface area contributed by atoms with Gasteiger partial charge in [-0.25, -0.2) is 5.43 Å². The summed E-state index contributed by atoms with van der Waals surface area (Å²) < 4.78 is 0. The van der Waals surface area contributed by atoms with Gasteiger partial charge in [0.25, 0.3) is 5.91 Å². The van der Waals surface area contributed by atoms with Crippen LogP contribution in [0.2, 0.25) is 0 Å². The van der Waals surface area contributed by atoms with Gasteiger partial charge in [0, 0.05) is 5.71 Å². The van der Waals surface area contributed by atoms with Crippen molar-refractivity contribution in [3.05, 3.63) is 0 Å². The molecule has 0 aliphatic rings. The van der Waals surface area contributed by atoms with E-state index in [1.165, 1.54) is 0 Å². The zero-order chi connectivity index (χ0) is 7.98. The topological polar surface area (TPSA) is 65.2 Å². The third-order valence-electron chi connectivity index (χ3n) is 0.644. The summed E-state index contributed by atoms with van der Waals surface area (Å²) in [6.45, 7) is 3.51. The number of nitrogens with zero attached hydrogens (tertiary/aromatic N) is 2. The van der Waals surface area contributed by atoms with Crippen LogP contribution in [0.15, 0.2) is 5.10 Å². The van der Waals surface area contributed by atoms with Gasteiger partial charge in [0.15, 0.2) is 0 Å². The summed E-state index contributed by atoms with van der Waals surface area (Å²) in [7, 11) is 0. The van der Waals surface area contributed by atoms with Crippen molar-refractivity contribution in [1.82, 2.24) is 5.43 Å². The standard InChI is InChI=1S/C6H9N3O/c1-5(2)8-9-6(10)3-4-7/h3H2,1-2H3,(H,9,10). The van der Waals surface area contributed by atoms with Gasteiger partial charge in [-0.1, -0.05) is 0 Å². The molecule has 0 saturated heterocycles. The minimum Gasteiger partial charge on any atom is -0.272 e. The average molecular weight is 139 g/mol. The average Bonchev–Trinajstić information content (AvgIpc) is 1.85. The molecular formula is C6H9N3O. The Bertz CT molecular complexity index is 186. The molecule has 0 fully saturated rings. The van der Waals surface area contributed by atoms with E-state index in [4.69, 9.17) is 5.26 Å². The van der Waals surface area contributed by atoms with Crippen LogP contribution in [0.4, 0.5) is 0 Å². The lowest BCUT2D eigenvalue weighted by Crippen LogP contribution is -2.17. The molecule has 0 aliphatic carbocycles. The second kappa shape index (κ2) is 4.50. The first kappa shape index (κ1) is 8.63. The van der Waals surface area contributed by atoms with E-state index < -0.39 is 0 Å². The second-order valence-corrected chi connectivity index (χ2v) is 1.93. The van der Waals surface area contributed by atoms with Crippen molar-refractivity contribution in [2.45, 2.75) is 20.3 Å². The molecule has 4 heteroatoms. The first-order chi connectivity index (χ1) is 4.66. The SMILES string of the molecule is CC(C)=NNC(=O)CC#N. The number of hydrogen-bond donors (Lipinski definition) is 1. The highest BCUT2D eigenvalue weighted by Crippen LogP contribution is 1.75. The third kappa shape index (κ3) is 4.78. The lowest BCUT2D eigenvalue weighted by atomic mass is 10.5. The minimum atomic E-state index is -0.372. The molecule has 4 nitrogen and oxygen atoms in total. The predicted octanol–water partition coefficient (Wildman–Crippen LogP) is 0.412. The van der Waals surface area contributed by atoms with Crippen LogP contribution in [0.1, 0.15) is 20.3 Å². The number of amides is 1. The fourth-order valence-corrected chi connectivity index (χ4v) is 0.285. The van der Waals surface area contributed by atoms with Gasteiger partial charge in [-0.05, 0) is 13.8 Å². The first-order valence-electron chi connectivity index (χ1n) is 2.83. The van der Waals surface area contributed by atoms with E-state index >= 15 is 0 Å². The summed E-state index contributed by atoms with van der Waals surface area (Å²) >= 11 is 0. The molecule has 0 aliphatic heterocycles. The highest BCUT2D eigenvalue weighted by Gasteiger charge is 1.94. The molecule has 0 rings (SSSR count). The molecule has 0 aromatic rings. The molecular weight excluding hydrogens is 130 g/mol. The molecule has 0 saturated carbocycles. The predicted molar refractivity (Wildman–Crippen MR) is 37.2 cm³/mol. The van der Waals surface area contributed by atoms with Gasteiger partial charge in [-0.15, -0.1) is 0 Å². The van der Waals surface area contributed by atoms with Gasteiger partial charge in [-0.2, -0.15) is 10.4 Å². The fraction of sp³-hybridized carbons (Fsp3) is 0.500. The largest absolute Gasteiger partial charge is 0.272 e. The first-order valence-corrected chi connectivity index (χ1v) is 2.83. The van der Waals surface area contributed by atoms with Crippen molar-refractivity contribution in [1.29, 1.82) is 5.26 Å². The maximum absolute atomic E-state index is 10.5. The Labute approximate surface area is 59.5 Å². The van der Waals surface area contributed by atoms with Crippen molar-refractivity contribution in [3.63, 3.8) is 0 Å². The van der Waals surface area contributed by atoms with Crippen LogP contribution in [0.3, 0.4) is 0 Å². The van der Waals surface area contributed by atoms with Gasteiger partial charge < -0.3 is 0 Å². The molecule has 0 spiro atoms. The van der Waals surface area contributed by atoms with Crippen LogP contribution in [-0.4, -0.2) is 11.6 Å². The molecule has 0 radical (unpaired) electrons. The van der Waals surface area contributed by atoms with Gasteiger partial charge in [0.1, 0.15) is 6.42 Å². The lowest BCUT2D eigenvalue weighted by molar-refractivity contribution is -0.120. The summed E-state index contributed by atoms with van der Waals surface area (Å²) in [4.78, 5) is 10.5. The number of hydrazone groups is 1. The van der Waals surface area contributed by atoms with E-state index in [-0.39, 0.29) is 12.3 Å². The number of hydrogen-bond acceptors (Lipinski definition) is 3. The molecule has 0 bridgehead atoms. The fourth-order valence-electron chi connectivity index (χ4n) is 0.285. The number of nitrogens with one attached hydrogen (secondary N) is 1. The van der Waals surface area contributed by atoms with E-state index in [1.54, 1.807) is 19.9 Å². The Balaban J connectivity index is 3.62. The minimum absolute atomic E-state index is 0.142. The van der Waals surface area contributed by atoms with E-state index in [1.807, 2.05) is 0 Å². The summed E-state index contributed by atoms with van der Waals surface area (Å²) in [5.41, 5.74) is 2.97.